The van der Waals surface area contributed by atoms with Crippen LogP contribution < -0.4 is 5.73 Å². The van der Waals surface area contributed by atoms with Gasteiger partial charge in [-0.1, -0.05) is 6.07 Å². The van der Waals surface area contributed by atoms with Gasteiger partial charge in [0.15, 0.2) is 5.69 Å². The van der Waals surface area contributed by atoms with Gasteiger partial charge >= 0.3 is 0 Å². The van der Waals surface area contributed by atoms with Crippen LogP contribution in [0.5, 0.6) is 0 Å². The van der Waals surface area contributed by atoms with Gasteiger partial charge in [0.05, 0.1) is 0 Å². The molecule has 0 saturated carbocycles. The molecule has 0 atom stereocenters. The van der Waals surface area contributed by atoms with Crippen LogP contribution in [0, 0.1) is 0 Å². The Kier molecular flexibility index (Phi) is 2.86. The Bertz CT molecular complexity index is 498. The third-order valence-electron chi connectivity index (χ3n) is 2.14. The van der Waals surface area contributed by atoms with E-state index in [1.165, 1.54) is 6.20 Å². The van der Waals surface area contributed by atoms with Crippen LogP contribution in [0.1, 0.15) is 21.7 Å². The maximum atomic E-state index is 11.1. The summed E-state index contributed by atoms with van der Waals surface area (Å²) in [4.78, 5) is 15.3. The van der Waals surface area contributed by atoms with Crippen molar-refractivity contribution in [2.75, 3.05) is 0 Å². The second-order valence-corrected chi connectivity index (χ2v) is 3.27. The molecule has 0 spiro atoms. The quantitative estimate of drug-likeness (QED) is 0.809. The number of hydrogen-bond donors (Lipinski definition) is 1. The van der Waals surface area contributed by atoms with Crippen LogP contribution in [0.25, 0.3) is 0 Å². The van der Waals surface area contributed by atoms with Gasteiger partial charge in [0.2, 0.25) is 0 Å². The van der Waals surface area contributed by atoms with Gasteiger partial charge in [-0.05, 0) is 23.8 Å². The van der Waals surface area contributed by atoms with Gasteiger partial charge in [-0.15, -0.1) is 5.10 Å². The minimum absolute atomic E-state index is 0.202. The fourth-order valence-corrected chi connectivity index (χ4v) is 1.41. The highest BCUT2D eigenvalue weighted by molar-refractivity contribution is 5.92. The molecule has 2 N–H and O–H groups in total. The number of hydrogen-bond acceptors (Lipinski definition) is 4. The van der Waals surface area contributed by atoms with Gasteiger partial charge in [-0.2, -0.15) is 5.10 Å². The lowest BCUT2D eigenvalue weighted by atomic mass is 10.1. The molecule has 2 rings (SSSR count). The van der Waals surface area contributed by atoms with E-state index in [9.17, 15) is 4.79 Å². The third kappa shape index (κ3) is 2.20. The van der Waals surface area contributed by atoms with Crippen LogP contribution in [0.4, 0.5) is 0 Å². The first-order valence-corrected chi connectivity index (χ1v) is 4.77. The first-order chi connectivity index (χ1) is 7.77. The standard InChI is InChI=1S/C11H10N4O/c12-11(16)10-8(4-6-14-15-10)7-9-3-1-2-5-13-9/h1-6H,7H2,(H2,12,16). The summed E-state index contributed by atoms with van der Waals surface area (Å²) in [7, 11) is 0. The maximum Gasteiger partial charge on any atom is 0.269 e. The van der Waals surface area contributed by atoms with Crippen molar-refractivity contribution < 1.29 is 4.79 Å². The number of carbonyl (C=O) groups excluding carboxylic acids is 1. The monoisotopic (exact) mass is 214 g/mol. The molecule has 0 aliphatic heterocycles. The predicted octanol–water partition coefficient (Wildman–Crippen LogP) is 0.561. The molecule has 5 nitrogen and oxygen atoms in total. The second kappa shape index (κ2) is 4.48. The Hall–Kier alpha value is -2.30. The lowest BCUT2D eigenvalue weighted by Gasteiger charge is -2.03. The number of amides is 1. The molecular weight excluding hydrogens is 204 g/mol. The van der Waals surface area contributed by atoms with Crippen molar-refractivity contribution in [1.82, 2.24) is 15.2 Å². The Balaban J connectivity index is 2.31. The van der Waals surface area contributed by atoms with Crippen LogP contribution in [0.2, 0.25) is 0 Å². The molecule has 5 heteroatoms. The van der Waals surface area contributed by atoms with Crippen molar-refractivity contribution in [3.8, 4) is 0 Å². The van der Waals surface area contributed by atoms with Crippen molar-refractivity contribution >= 4 is 5.91 Å². The second-order valence-electron chi connectivity index (χ2n) is 3.27. The minimum Gasteiger partial charge on any atom is -0.364 e. The molecule has 80 valence electrons. The lowest BCUT2D eigenvalue weighted by Crippen LogP contribution is -2.16. The zero-order valence-electron chi connectivity index (χ0n) is 8.50. The molecule has 2 aromatic heterocycles. The molecular formula is C11H10N4O. The summed E-state index contributed by atoms with van der Waals surface area (Å²) in [6.45, 7) is 0. The fraction of sp³-hybridized carbons (Fsp3) is 0.0909. The van der Waals surface area contributed by atoms with Crippen LogP contribution in [-0.4, -0.2) is 21.1 Å². The molecule has 0 aliphatic rings. The molecule has 2 heterocycles. The van der Waals surface area contributed by atoms with Crippen molar-refractivity contribution in [3.05, 3.63) is 53.6 Å². The number of aromatic nitrogens is 3. The van der Waals surface area contributed by atoms with Crippen molar-refractivity contribution in [1.29, 1.82) is 0 Å². The van der Waals surface area contributed by atoms with E-state index in [2.05, 4.69) is 15.2 Å². The topological polar surface area (TPSA) is 81.8 Å². The Morgan fingerprint density at radius 2 is 2.12 bits per heavy atom. The minimum atomic E-state index is -0.570. The zero-order valence-corrected chi connectivity index (χ0v) is 8.50. The number of nitrogens with two attached hydrogens (primary N) is 1. The van der Waals surface area contributed by atoms with Crippen molar-refractivity contribution in [2.45, 2.75) is 6.42 Å². The average molecular weight is 214 g/mol. The molecule has 0 aromatic carbocycles. The summed E-state index contributed by atoms with van der Waals surface area (Å²) in [6, 6.07) is 7.33. The number of carbonyl (C=O) groups is 1. The number of rotatable bonds is 3. The number of primary amides is 1. The summed E-state index contributed by atoms with van der Waals surface area (Å²) >= 11 is 0. The third-order valence-corrected chi connectivity index (χ3v) is 2.14. The van der Waals surface area contributed by atoms with Crippen LogP contribution in [0.3, 0.4) is 0 Å². The fourth-order valence-electron chi connectivity index (χ4n) is 1.41. The molecule has 0 saturated heterocycles. The van der Waals surface area contributed by atoms with E-state index in [4.69, 9.17) is 5.73 Å². The van der Waals surface area contributed by atoms with E-state index in [-0.39, 0.29) is 5.69 Å². The maximum absolute atomic E-state index is 11.1. The van der Waals surface area contributed by atoms with E-state index in [0.717, 1.165) is 11.3 Å². The summed E-state index contributed by atoms with van der Waals surface area (Å²) in [6.07, 6.45) is 3.76. The van der Waals surface area contributed by atoms with Crippen LogP contribution in [0.15, 0.2) is 36.7 Å². The SMILES string of the molecule is NC(=O)c1nnccc1Cc1ccccn1. The lowest BCUT2D eigenvalue weighted by molar-refractivity contribution is 0.0993. The van der Waals surface area contributed by atoms with Gasteiger partial charge < -0.3 is 5.73 Å². The molecule has 0 bridgehead atoms. The van der Waals surface area contributed by atoms with Gasteiger partial charge in [0.25, 0.3) is 5.91 Å². The number of nitrogens with zero attached hydrogens (tertiary/aromatic N) is 3. The molecule has 2 aromatic rings. The summed E-state index contributed by atoms with van der Waals surface area (Å²) in [5.74, 6) is -0.570. The highest BCUT2D eigenvalue weighted by Gasteiger charge is 2.10. The van der Waals surface area contributed by atoms with E-state index in [0.29, 0.717) is 6.42 Å². The van der Waals surface area contributed by atoms with Crippen LogP contribution >= 0.6 is 0 Å². The van der Waals surface area contributed by atoms with Gasteiger partial charge in [0.1, 0.15) is 0 Å². The van der Waals surface area contributed by atoms with Gasteiger partial charge in [0, 0.05) is 24.5 Å². The van der Waals surface area contributed by atoms with E-state index in [1.807, 2.05) is 18.2 Å². The van der Waals surface area contributed by atoms with Gasteiger partial charge in [-0.3, -0.25) is 9.78 Å². The number of pyridine rings is 1. The highest BCUT2D eigenvalue weighted by Crippen LogP contribution is 2.09. The largest absolute Gasteiger partial charge is 0.364 e. The smallest absolute Gasteiger partial charge is 0.269 e. The zero-order chi connectivity index (χ0) is 11.4. The highest BCUT2D eigenvalue weighted by atomic mass is 16.1. The van der Waals surface area contributed by atoms with E-state index >= 15 is 0 Å². The average Bonchev–Trinajstić information content (AvgIpc) is 2.31. The Morgan fingerprint density at radius 1 is 1.25 bits per heavy atom. The van der Waals surface area contributed by atoms with Crippen molar-refractivity contribution in [2.24, 2.45) is 5.73 Å². The molecule has 0 aliphatic carbocycles. The summed E-state index contributed by atoms with van der Waals surface area (Å²) in [5, 5.41) is 7.36. The summed E-state index contributed by atoms with van der Waals surface area (Å²) < 4.78 is 0. The molecule has 16 heavy (non-hydrogen) atoms. The molecule has 1 amide bonds. The molecule has 0 unspecified atom stereocenters. The predicted molar refractivity (Wildman–Crippen MR) is 57.6 cm³/mol. The molecule has 0 radical (unpaired) electrons. The summed E-state index contributed by atoms with van der Waals surface area (Å²) in [5.41, 5.74) is 7.00. The van der Waals surface area contributed by atoms with Gasteiger partial charge in [-0.25, -0.2) is 0 Å². The molecule has 0 fully saturated rings. The van der Waals surface area contributed by atoms with E-state index < -0.39 is 5.91 Å². The first-order valence-electron chi connectivity index (χ1n) is 4.77. The van der Waals surface area contributed by atoms with Crippen LogP contribution in [-0.2, 0) is 6.42 Å². The normalized spacial score (nSPS) is 10.0. The van der Waals surface area contributed by atoms with Crippen molar-refractivity contribution in [3.63, 3.8) is 0 Å². The van der Waals surface area contributed by atoms with E-state index in [1.54, 1.807) is 12.3 Å². The Morgan fingerprint density at radius 3 is 2.81 bits per heavy atom. The first kappa shape index (κ1) is 10.2. The Labute approximate surface area is 92.3 Å².